The quantitative estimate of drug-likeness (QED) is 0.933. The zero-order valence-electron chi connectivity index (χ0n) is 12.1. The van der Waals surface area contributed by atoms with Crippen molar-refractivity contribution in [2.24, 2.45) is 7.05 Å². The molecule has 1 aromatic carbocycles. The second-order valence-electron chi connectivity index (χ2n) is 5.48. The molecule has 0 saturated carbocycles. The van der Waals surface area contributed by atoms with Crippen molar-refractivity contribution in [2.75, 3.05) is 13.1 Å². The molecule has 1 aromatic heterocycles. The van der Waals surface area contributed by atoms with Crippen molar-refractivity contribution in [1.29, 1.82) is 0 Å². The highest BCUT2D eigenvalue weighted by Gasteiger charge is 2.19. The van der Waals surface area contributed by atoms with Gasteiger partial charge in [-0.2, -0.15) is 5.10 Å². The van der Waals surface area contributed by atoms with Crippen LogP contribution in [0.1, 0.15) is 27.2 Å². The molecule has 0 atom stereocenters. The summed E-state index contributed by atoms with van der Waals surface area (Å²) in [5.74, 6) is -0.906. The van der Waals surface area contributed by atoms with Gasteiger partial charge in [0.1, 0.15) is 5.56 Å². The van der Waals surface area contributed by atoms with E-state index in [2.05, 4.69) is 34.3 Å². The number of aryl methyl sites for hydroxylation is 1. The van der Waals surface area contributed by atoms with Gasteiger partial charge in [-0.1, -0.05) is 24.3 Å². The third-order valence-corrected chi connectivity index (χ3v) is 4.18. The van der Waals surface area contributed by atoms with Gasteiger partial charge in [0, 0.05) is 26.7 Å². The summed E-state index contributed by atoms with van der Waals surface area (Å²) in [5, 5.41) is 13.3. The van der Waals surface area contributed by atoms with E-state index in [1.54, 1.807) is 11.7 Å². The van der Waals surface area contributed by atoms with Crippen molar-refractivity contribution in [2.45, 2.75) is 19.4 Å². The number of carboxylic acid groups (broad SMARTS) is 1. The highest BCUT2D eigenvalue weighted by atomic mass is 16.4. The molecule has 0 unspecified atom stereocenters. The molecule has 3 rings (SSSR count). The summed E-state index contributed by atoms with van der Waals surface area (Å²) < 4.78 is 1.67. The Bertz CT molecular complexity index is 636. The minimum Gasteiger partial charge on any atom is -0.478 e. The molecule has 2 heterocycles. The van der Waals surface area contributed by atoms with E-state index < -0.39 is 5.97 Å². The van der Waals surface area contributed by atoms with Crippen LogP contribution in [0.25, 0.3) is 0 Å². The van der Waals surface area contributed by atoms with Gasteiger partial charge in [0.05, 0.1) is 11.9 Å². The van der Waals surface area contributed by atoms with Gasteiger partial charge in [-0.25, -0.2) is 4.79 Å². The lowest BCUT2D eigenvalue weighted by molar-refractivity contribution is 0.0694. The molecular formula is C16H19N3O2. The predicted octanol–water partition coefficient (Wildman–Crippen LogP) is 1.72. The number of carboxylic acids is 1. The number of benzene rings is 1. The highest BCUT2D eigenvalue weighted by Crippen LogP contribution is 2.18. The zero-order valence-corrected chi connectivity index (χ0v) is 12.1. The monoisotopic (exact) mass is 285 g/mol. The van der Waals surface area contributed by atoms with Crippen molar-refractivity contribution < 1.29 is 9.90 Å². The summed E-state index contributed by atoms with van der Waals surface area (Å²) in [5.41, 5.74) is 3.89. The first-order valence-corrected chi connectivity index (χ1v) is 7.18. The Morgan fingerprint density at radius 1 is 1.24 bits per heavy atom. The Labute approximate surface area is 123 Å². The predicted molar refractivity (Wildman–Crippen MR) is 79.3 cm³/mol. The number of aromatic carboxylic acids is 1. The molecular weight excluding hydrogens is 266 g/mol. The summed E-state index contributed by atoms with van der Waals surface area (Å²) in [4.78, 5) is 13.6. The topological polar surface area (TPSA) is 58.4 Å². The van der Waals surface area contributed by atoms with Gasteiger partial charge in [-0.05, 0) is 24.0 Å². The molecule has 0 radical (unpaired) electrons. The molecule has 21 heavy (non-hydrogen) atoms. The van der Waals surface area contributed by atoms with Gasteiger partial charge >= 0.3 is 5.97 Å². The Morgan fingerprint density at radius 3 is 2.43 bits per heavy atom. The molecule has 110 valence electrons. The maximum atomic E-state index is 11.3. The van der Waals surface area contributed by atoms with Gasteiger partial charge in [0.2, 0.25) is 0 Å². The van der Waals surface area contributed by atoms with Crippen LogP contribution in [-0.4, -0.2) is 38.8 Å². The fraction of sp³-hybridized carbons (Fsp3) is 0.375. The average Bonchev–Trinajstić information content (AvgIpc) is 2.71. The summed E-state index contributed by atoms with van der Waals surface area (Å²) in [7, 11) is 1.80. The number of hydrogen-bond acceptors (Lipinski definition) is 3. The van der Waals surface area contributed by atoms with Crippen LogP contribution in [0.2, 0.25) is 0 Å². The largest absolute Gasteiger partial charge is 0.478 e. The number of aromatic nitrogens is 2. The van der Waals surface area contributed by atoms with E-state index in [-0.39, 0.29) is 0 Å². The normalized spacial score (nSPS) is 15.5. The third-order valence-electron chi connectivity index (χ3n) is 4.18. The lowest BCUT2D eigenvalue weighted by Crippen LogP contribution is -2.28. The van der Waals surface area contributed by atoms with Crippen molar-refractivity contribution >= 4 is 5.97 Å². The van der Waals surface area contributed by atoms with E-state index in [4.69, 9.17) is 0 Å². The van der Waals surface area contributed by atoms with Gasteiger partial charge < -0.3 is 5.11 Å². The minimum atomic E-state index is -0.906. The standard InChI is InChI=1S/C16H19N3O2/c1-18-15(14(10-17-18)16(20)21)11-19-8-6-12-4-2-3-5-13(12)7-9-19/h2-5,10H,6-9,11H2,1H3,(H,20,21). The van der Waals surface area contributed by atoms with Crippen LogP contribution in [-0.2, 0) is 26.4 Å². The van der Waals surface area contributed by atoms with Crippen LogP contribution in [0, 0.1) is 0 Å². The Morgan fingerprint density at radius 2 is 1.86 bits per heavy atom. The summed E-state index contributed by atoms with van der Waals surface area (Å²) in [6, 6.07) is 8.54. The SMILES string of the molecule is Cn1ncc(C(=O)O)c1CN1CCc2ccccc2CC1. The molecule has 0 bridgehead atoms. The molecule has 0 fully saturated rings. The molecule has 0 saturated heterocycles. The van der Waals surface area contributed by atoms with Gasteiger partial charge in [-0.15, -0.1) is 0 Å². The second kappa shape index (κ2) is 5.69. The maximum absolute atomic E-state index is 11.3. The van der Waals surface area contributed by atoms with Gasteiger partial charge in [-0.3, -0.25) is 9.58 Å². The Balaban J connectivity index is 1.76. The molecule has 1 N–H and O–H groups in total. The first kappa shape index (κ1) is 13.8. The molecule has 0 aliphatic carbocycles. The first-order valence-electron chi connectivity index (χ1n) is 7.18. The summed E-state index contributed by atoms with van der Waals surface area (Å²) >= 11 is 0. The fourth-order valence-electron chi connectivity index (χ4n) is 2.91. The summed E-state index contributed by atoms with van der Waals surface area (Å²) in [6.45, 7) is 2.52. The third kappa shape index (κ3) is 2.83. The lowest BCUT2D eigenvalue weighted by Gasteiger charge is -2.20. The average molecular weight is 285 g/mol. The lowest BCUT2D eigenvalue weighted by atomic mass is 10.0. The number of nitrogens with zero attached hydrogens (tertiary/aromatic N) is 3. The molecule has 2 aromatic rings. The second-order valence-corrected chi connectivity index (χ2v) is 5.48. The van der Waals surface area contributed by atoms with Crippen LogP contribution < -0.4 is 0 Å². The molecule has 5 heteroatoms. The number of hydrogen-bond donors (Lipinski definition) is 1. The number of rotatable bonds is 3. The van der Waals surface area contributed by atoms with Crippen LogP contribution in [0.5, 0.6) is 0 Å². The molecule has 0 amide bonds. The fourth-order valence-corrected chi connectivity index (χ4v) is 2.91. The van der Waals surface area contributed by atoms with Crippen LogP contribution in [0.3, 0.4) is 0 Å². The van der Waals surface area contributed by atoms with Crippen molar-refractivity contribution in [3.63, 3.8) is 0 Å². The first-order chi connectivity index (χ1) is 10.1. The van der Waals surface area contributed by atoms with Crippen molar-refractivity contribution in [3.8, 4) is 0 Å². The van der Waals surface area contributed by atoms with E-state index in [9.17, 15) is 9.90 Å². The molecule has 1 aliphatic heterocycles. The minimum absolute atomic E-state index is 0.305. The van der Waals surface area contributed by atoms with Crippen molar-refractivity contribution in [3.05, 3.63) is 52.8 Å². The van der Waals surface area contributed by atoms with Crippen LogP contribution in [0.4, 0.5) is 0 Å². The molecule has 0 spiro atoms. The van der Waals surface area contributed by atoms with Crippen LogP contribution >= 0.6 is 0 Å². The van der Waals surface area contributed by atoms with E-state index in [1.165, 1.54) is 17.3 Å². The van der Waals surface area contributed by atoms with E-state index in [1.807, 2.05) is 0 Å². The number of carbonyl (C=O) groups is 1. The van der Waals surface area contributed by atoms with E-state index in [0.29, 0.717) is 12.1 Å². The van der Waals surface area contributed by atoms with Gasteiger partial charge in [0.15, 0.2) is 0 Å². The van der Waals surface area contributed by atoms with Crippen molar-refractivity contribution in [1.82, 2.24) is 14.7 Å². The Hall–Kier alpha value is -2.14. The highest BCUT2D eigenvalue weighted by molar-refractivity contribution is 5.88. The van der Waals surface area contributed by atoms with E-state index >= 15 is 0 Å². The van der Waals surface area contributed by atoms with Gasteiger partial charge in [0.25, 0.3) is 0 Å². The van der Waals surface area contributed by atoms with Crippen LogP contribution in [0.15, 0.2) is 30.5 Å². The number of fused-ring (bicyclic) bond motifs is 1. The van der Waals surface area contributed by atoms with E-state index in [0.717, 1.165) is 31.6 Å². The Kier molecular flexibility index (Phi) is 3.75. The smallest absolute Gasteiger partial charge is 0.339 e. The molecule has 5 nitrogen and oxygen atoms in total. The summed E-state index contributed by atoms with van der Waals surface area (Å²) in [6.07, 6.45) is 3.46. The maximum Gasteiger partial charge on any atom is 0.339 e. The molecule has 1 aliphatic rings. The zero-order chi connectivity index (χ0) is 14.8.